The summed E-state index contributed by atoms with van der Waals surface area (Å²) in [6, 6.07) is 0. The molecular weight excluding hydrogens is 282 g/mol. The van der Waals surface area contributed by atoms with Gasteiger partial charge in [0, 0.05) is 0 Å². The quantitative estimate of drug-likeness (QED) is 0.723. The molecule has 0 saturated carbocycles. The van der Waals surface area contributed by atoms with E-state index in [1.165, 1.54) is 10.9 Å². The molecule has 22 heavy (non-hydrogen) atoms. The molecule has 0 aliphatic rings. The first-order chi connectivity index (χ1) is 10.3. The lowest BCUT2D eigenvalue weighted by Gasteiger charge is -2.19. The molecule has 0 radical (unpaired) electrons. The van der Waals surface area contributed by atoms with Gasteiger partial charge in [-0.05, 0) is 34.6 Å². The molecule has 0 aromatic carbocycles. The van der Waals surface area contributed by atoms with E-state index in [2.05, 4.69) is 15.1 Å². The minimum absolute atomic E-state index is 0.144. The van der Waals surface area contributed by atoms with Crippen LogP contribution >= 0.6 is 0 Å². The Balaban J connectivity index is 2.06. The van der Waals surface area contributed by atoms with Crippen molar-refractivity contribution in [2.45, 2.75) is 46.7 Å². The molecule has 3 aromatic rings. The molecule has 0 spiro atoms. The van der Waals surface area contributed by atoms with Crippen molar-refractivity contribution in [2.24, 2.45) is 0 Å². The Labute approximate surface area is 127 Å². The Bertz CT molecular complexity index is 875. The van der Waals surface area contributed by atoms with E-state index in [0.717, 1.165) is 11.5 Å². The highest BCUT2D eigenvalue weighted by Crippen LogP contribution is 2.18. The number of hydrogen-bond acceptors (Lipinski definition) is 5. The van der Waals surface area contributed by atoms with E-state index >= 15 is 0 Å². The van der Waals surface area contributed by atoms with Gasteiger partial charge in [-0.2, -0.15) is 5.10 Å². The number of nitrogens with zero attached hydrogens (tertiary/aromatic N) is 5. The lowest BCUT2D eigenvalue weighted by atomic mass is 10.1. The van der Waals surface area contributed by atoms with Crippen molar-refractivity contribution in [2.75, 3.05) is 0 Å². The lowest BCUT2D eigenvalue weighted by Crippen LogP contribution is -2.25. The number of aryl methyl sites for hydroxylation is 2. The van der Waals surface area contributed by atoms with Gasteiger partial charge in [0.2, 0.25) is 5.89 Å². The second kappa shape index (κ2) is 4.79. The standard InChI is InChI=1S/C15H19N5O2/c1-9-10(2)22-12(18-9)7-19-8-16-13-11(14(19)21)6-17-20(13)15(3,4)5/h6,8H,7H2,1-5H3. The van der Waals surface area contributed by atoms with Crippen molar-refractivity contribution in [3.8, 4) is 0 Å². The van der Waals surface area contributed by atoms with Gasteiger partial charge < -0.3 is 4.42 Å². The molecule has 0 bridgehead atoms. The molecule has 0 aliphatic heterocycles. The van der Waals surface area contributed by atoms with Crippen LogP contribution in [0.2, 0.25) is 0 Å². The Kier molecular flexibility index (Phi) is 3.16. The van der Waals surface area contributed by atoms with Gasteiger partial charge in [-0.15, -0.1) is 0 Å². The maximum absolute atomic E-state index is 12.6. The third kappa shape index (κ3) is 2.32. The van der Waals surface area contributed by atoms with Crippen LogP contribution in [0.5, 0.6) is 0 Å². The maximum Gasteiger partial charge on any atom is 0.264 e. The normalized spacial score (nSPS) is 12.2. The predicted octanol–water partition coefficient (Wildman–Crippen LogP) is 2.00. The minimum Gasteiger partial charge on any atom is -0.444 e. The highest BCUT2D eigenvalue weighted by molar-refractivity contribution is 5.73. The number of fused-ring (bicyclic) bond motifs is 1. The fourth-order valence-electron chi connectivity index (χ4n) is 2.30. The molecule has 0 atom stereocenters. The van der Waals surface area contributed by atoms with Gasteiger partial charge in [-0.1, -0.05) is 0 Å². The SMILES string of the molecule is Cc1nc(Cn2cnc3c(cnn3C(C)(C)C)c2=O)oc1C. The summed E-state index contributed by atoms with van der Waals surface area (Å²) in [5.74, 6) is 1.26. The molecule has 3 heterocycles. The zero-order chi connectivity index (χ0) is 16.1. The van der Waals surface area contributed by atoms with Crippen LogP contribution in [-0.4, -0.2) is 24.3 Å². The summed E-state index contributed by atoms with van der Waals surface area (Å²) >= 11 is 0. The highest BCUT2D eigenvalue weighted by Gasteiger charge is 2.20. The Hall–Kier alpha value is -2.44. The van der Waals surface area contributed by atoms with E-state index in [1.54, 1.807) is 10.9 Å². The molecule has 0 aliphatic carbocycles. The van der Waals surface area contributed by atoms with Crippen LogP contribution in [0, 0.1) is 13.8 Å². The molecule has 116 valence electrons. The zero-order valence-electron chi connectivity index (χ0n) is 13.4. The molecule has 0 saturated heterocycles. The van der Waals surface area contributed by atoms with E-state index in [4.69, 9.17) is 4.42 Å². The monoisotopic (exact) mass is 301 g/mol. The predicted molar refractivity (Wildman–Crippen MR) is 81.9 cm³/mol. The molecule has 0 N–H and O–H groups in total. The first kappa shape index (κ1) is 14.5. The van der Waals surface area contributed by atoms with E-state index in [-0.39, 0.29) is 17.6 Å². The third-order valence-electron chi connectivity index (χ3n) is 3.57. The average Bonchev–Trinajstić information content (AvgIpc) is 2.97. The fourth-order valence-corrected chi connectivity index (χ4v) is 2.30. The first-order valence-corrected chi connectivity index (χ1v) is 7.14. The molecule has 0 amide bonds. The summed E-state index contributed by atoms with van der Waals surface area (Å²) in [6.45, 7) is 10.0. The first-order valence-electron chi connectivity index (χ1n) is 7.14. The van der Waals surface area contributed by atoms with Crippen LogP contribution in [-0.2, 0) is 12.1 Å². The molecule has 0 unspecified atom stereocenters. The Morgan fingerprint density at radius 1 is 1.27 bits per heavy atom. The van der Waals surface area contributed by atoms with Crippen LogP contribution in [0.15, 0.2) is 21.7 Å². The summed E-state index contributed by atoms with van der Waals surface area (Å²) in [5.41, 5.74) is 1.05. The summed E-state index contributed by atoms with van der Waals surface area (Å²) in [4.78, 5) is 21.2. The number of rotatable bonds is 2. The van der Waals surface area contributed by atoms with E-state index in [9.17, 15) is 4.79 Å². The number of oxazole rings is 1. The van der Waals surface area contributed by atoms with Crippen molar-refractivity contribution in [3.63, 3.8) is 0 Å². The Morgan fingerprint density at radius 3 is 2.59 bits per heavy atom. The van der Waals surface area contributed by atoms with Gasteiger partial charge in [0.25, 0.3) is 5.56 Å². The van der Waals surface area contributed by atoms with Crippen molar-refractivity contribution < 1.29 is 4.42 Å². The highest BCUT2D eigenvalue weighted by atomic mass is 16.4. The zero-order valence-corrected chi connectivity index (χ0v) is 13.4. The lowest BCUT2D eigenvalue weighted by molar-refractivity contribution is 0.365. The van der Waals surface area contributed by atoms with Crippen LogP contribution in [0.25, 0.3) is 11.0 Å². The van der Waals surface area contributed by atoms with Gasteiger partial charge in [0.1, 0.15) is 24.0 Å². The second-order valence-electron chi connectivity index (χ2n) is 6.39. The number of hydrogen-bond donors (Lipinski definition) is 0. The van der Waals surface area contributed by atoms with Crippen molar-refractivity contribution in [3.05, 3.63) is 40.2 Å². The van der Waals surface area contributed by atoms with Gasteiger partial charge in [0.05, 0.1) is 17.4 Å². The van der Waals surface area contributed by atoms with Gasteiger partial charge >= 0.3 is 0 Å². The molecule has 7 heteroatoms. The molecule has 3 rings (SSSR count). The van der Waals surface area contributed by atoms with Crippen LogP contribution in [0.4, 0.5) is 0 Å². The van der Waals surface area contributed by atoms with E-state index < -0.39 is 0 Å². The largest absolute Gasteiger partial charge is 0.444 e. The number of aromatic nitrogens is 5. The summed E-state index contributed by atoms with van der Waals surface area (Å²) in [5, 5.41) is 4.79. The molecule has 3 aromatic heterocycles. The van der Waals surface area contributed by atoms with Crippen LogP contribution < -0.4 is 5.56 Å². The summed E-state index contributed by atoms with van der Waals surface area (Å²) < 4.78 is 8.77. The van der Waals surface area contributed by atoms with Gasteiger partial charge in [-0.25, -0.2) is 14.6 Å². The molecule has 7 nitrogen and oxygen atoms in total. The fraction of sp³-hybridized carbons (Fsp3) is 0.467. The van der Waals surface area contributed by atoms with Crippen molar-refractivity contribution in [1.29, 1.82) is 0 Å². The Morgan fingerprint density at radius 2 is 2.00 bits per heavy atom. The topological polar surface area (TPSA) is 78.7 Å². The smallest absolute Gasteiger partial charge is 0.264 e. The second-order valence-corrected chi connectivity index (χ2v) is 6.39. The molecular formula is C15H19N5O2. The van der Waals surface area contributed by atoms with Gasteiger partial charge in [-0.3, -0.25) is 9.36 Å². The maximum atomic E-state index is 12.6. The minimum atomic E-state index is -0.232. The van der Waals surface area contributed by atoms with E-state index in [0.29, 0.717) is 16.9 Å². The van der Waals surface area contributed by atoms with Gasteiger partial charge in [0.15, 0.2) is 5.65 Å². The van der Waals surface area contributed by atoms with Crippen LogP contribution in [0.1, 0.15) is 38.1 Å². The van der Waals surface area contributed by atoms with Crippen LogP contribution in [0.3, 0.4) is 0 Å². The summed E-state index contributed by atoms with van der Waals surface area (Å²) in [6.07, 6.45) is 3.09. The van der Waals surface area contributed by atoms with Crippen molar-refractivity contribution in [1.82, 2.24) is 24.3 Å². The summed E-state index contributed by atoms with van der Waals surface area (Å²) in [7, 11) is 0. The van der Waals surface area contributed by atoms with Crippen molar-refractivity contribution >= 4 is 11.0 Å². The third-order valence-corrected chi connectivity index (χ3v) is 3.57. The average molecular weight is 301 g/mol. The van der Waals surface area contributed by atoms with E-state index in [1.807, 2.05) is 34.6 Å². The molecule has 0 fully saturated rings.